The topological polar surface area (TPSA) is 124 Å². The van der Waals surface area contributed by atoms with Crippen molar-refractivity contribution in [3.05, 3.63) is 107 Å². The van der Waals surface area contributed by atoms with Gasteiger partial charge in [-0.25, -0.2) is 14.3 Å². The smallest absolute Gasteiger partial charge is 0.435 e. The van der Waals surface area contributed by atoms with Crippen molar-refractivity contribution in [2.45, 2.75) is 45.2 Å². The summed E-state index contributed by atoms with van der Waals surface area (Å²) in [6.45, 7) is 5.17. The zero-order chi connectivity index (χ0) is 31.6. The fourth-order valence-corrected chi connectivity index (χ4v) is 4.54. The molecule has 1 unspecified atom stereocenters. The summed E-state index contributed by atoms with van der Waals surface area (Å²) in [7, 11) is 0. The number of para-hydroxylation sites is 1. The van der Waals surface area contributed by atoms with Crippen LogP contribution in [0.4, 0.5) is 34.1 Å². The summed E-state index contributed by atoms with van der Waals surface area (Å²) in [5, 5.41) is 11.5. The monoisotopic (exact) mass is 607 g/mol. The molecule has 3 aromatic carbocycles. The number of rotatable bonds is 6. The molecule has 3 amide bonds. The molecule has 13 heteroatoms. The molecule has 4 aromatic rings. The number of ether oxygens (including phenoxy) is 2. The normalized spacial score (nSPS) is 14.6. The van der Waals surface area contributed by atoms with Crippen molar-refractivity contribution in [3.8, 4) is 5.69 Å². The van der Waals surface area contributed by atoms with Crippen LogP contribution in [0, 0.1) is 0 Å². The lowest BCUT2D eigenvalue weighted by molar-refractivity contribution is -0.141. The van der Waals surface area contributed by atoms with Crippen LogP contribution >= 0.6 is 0 Å². The molecule has 2 heterocycles. The van der Waals surface area contributed by atoms with Crippen molar-refractivity contribution >= 4 is 29.5 Å². The molecule has 1 aliphatic rings. The number of nitrogens with one attached hydrogen (secondary N) is 3. The number of hydrogen-bond acceptors (Lipinski definition) is 6. The van der Waals surface area contributed by atoms with Gasteiger partial charge in [-0.05, 0) is 62.2 Å². The molecule has 0 radical (unpaired) electrons. The van der Waals surface area contributed by atoms with Gasteiger partial charge in [-0.15, -0.1) is 0 Å². The van der Waals surface area contributed by atoms with Crippen molar-refractivity contribution in [2.24, 2.45) is 0 Å². The lowest BCUT2D eigenvalue weighted by Crippen LogP contribution is -2.32. The number of alkyl halides is 3. The fourth-order valence-electron chi connectivity index (χ4n) is 4.54. The first-order valence-electron chi connectivity index (χ1n) is 13.5. The maximum Gasteiger partial charge on any atom is 0.435 e. The predicted octanol–water partition coefficient (Wildman–Crippen LogP) is 6.82. The standard InChI is InChI=1S/C31H28F3N5O5/c1-30(2,3)44-28(41)35-17-18-8-6-11-21(14-18)39-24(16-25(38-39)31(32,33)34)27(40)36-20-10-7-9-19(15-20)26-22-12-4-5-13-23(22)37-29(42)43-26/h4-16,26H,17H2,1-3H3,(H,35,41)(H,36,40)(H,37,42). The molecule has 0 fully saturated rings. The number of amides is 3. The zero-order valence-electron chi connectivity index (χ0n) is 23.9. The molecule has 10 nitrogen and oxygen atoms in total. The van der Waals surface area contributed by atoms with Crippen molar-refractivity contribution in [3.63, 3.8) is 0 Å². The number of alkyl carbamates (subject to hydrolysis) is 1. The van der Waals surface area contributed by atoms with E-state index in [1.54, 1.807) is 81.4 Å². The van der Waals surface area contributed by atoms with E-state index >= 15 is 0 Å². The third-order valence-corrected chi connectivity index (χ3v) is 6.38. The summed E-state index contributed by atoms with van der Waals surface area (Å²) in [6.07, 6.45) is -6.89. The first-order chi connectivity index (χ1) is 20.8. The van der Waals surface area contributed by atoms with Crippen LogP contribution in [-0.4, -0.2) is 33.5 Å². The van der Waals surface area contributed by atoms with E-state index in [0.29, 0.717) is 28.4 Å². The summed E-state index contributed by atoms with van der Waals surface area (Å²) in [5.74, 6) is -0.856. The van der Waals surface area contributed by atoms with Crippen LogP contribution in [0.15, 0.2) is 78.9 Å². The maximum absolute atomic E-state index is 13.7. The molecule has 0 aliphatic carbocycles. The minimum atomic E-state index is -4.82. The van der Waals surface area contributed by atoms with Crippen molar-refractivity contribution in [1.82, 2.24) is 15.1 Å². The lowest BCUT2D eigenvalue weighted by Gasteiger charge is -2.26. The maximum atomic E-state index is 13.7. The van der Waals surface area contributed by atoms with Gasteiger partial charge in [-0.1, -0.05) is 42.5 Å². The quantitative estimate of drug-likeness (QED) is 0.221. The van der Waals surface area contributed by atoms with E-state index in [0.717, 1.165) is 4.68 Å². The highest BCUT2D eigenvalue weighted by molar-refractivity contribution is 6.03. The van der Waals surface area contributed by atoms with Gasteiger partial charge in [0.25, 0.3) is 5.91 Å². The fraction of sp³-hybridized carbons (Fsp3) is 0.226. The summed E-state index contributed by atoms with van der Waals surface area (Å²) < 4.78 is 52.7. The van der Waals surface area contributed by atoms with Crippen LogP contribution in [0.5, 0.6) is 0 Å². The number of anilines is 2. The molecule has 228 valence electrons. The average molecular weight is 608 g/mol. The Morgan fingerprint density at radius 3 is 2.50 bits per heavy atom. The van der Waals surface area contributed by atoms with Crippen molar-refractivity contribution in [2.75, 3.05) is 10.6 Å². The minimum Gasteiger partial charge on any atom is -0.444 e. The molecule has 1 atom stereocenters. The van der Waals surface area contributed by atoms with Gasteiger partial charge in [0.15, 0.2) is 11.8 Å². The van der Waals surface area contributed by atoms with Gasteiger partial charge >= 0.3 is 18.4 Å². The molecule has 0 saturated heterocycles. The van der Waals surface area contributed by atoms with E-state index in [-0.39, 0.29) is 23.6 Å². The Hall–Kier alpha value is -5.33. The molecular weight excluding hydrogens is 579 g/mol. The molecule has 1 aromatic heterocycles. The largest absolute Gasteiger partial charge is 0.444 e. The van der Waals surface area contributed by atoms with Crippen molar-refractivity contribution in [1.29, 1.82) is 0 Å². The van der Waals surface area contributed by atoms with E-state index in [1.807, 2.05) is 0 Å². The Morgan fingerprint density at radius 1 is 1.00 bits per heavy atom. The molecule has 1 aliphatic heterocycles. The Labute approximate surface area is 250 Å². The number of nitrogens with zero attached hydrogens (tertiary/aromatic N) is 2. The molecular formula is C31H28F3N5O5. The second-order valence-corrected chi connectivity index (χ2v) is 10.9. The highest BCUT2D eigenvalue weighted by atomic mass is 19.4. The van der Waals surface area contributed by atoms with Gasteiger partial charge in [-0.2, -0.15) is 18.3 Å². The number of carbonyl (C=O) groups excluding carboxylic acids is 3. The molecule has 5 rings (SSSR count). The van der Waals surface area contributed by atoms with Crippen LogP contribution in [0.1, 0.15) is 59.7 Å². The number of hydrogen-bond donors (Lipinski definition) is 3. The number of fused-ring (bicyclic) bond motifs is 1. The van der Waals surface area contributed by atoms with Gasteiger partial charge in [0.05, 0.1) is 11.4 Å². The summed E-state index contributed by atoms with van der Waals surface area (Å²) in [6, 6.07) is 20.4. The Bertz CT molecular complexity index is 1730. The molecule has 3 N–H and O–H groups in total. The summed E-state index contributed by atoms with van der Waals surface area (Å²) in [4.78, 5) is 37.6. The highest BCUT2D eigenvalue weighted by Gasteiger charge is 2.36. The van der Waals surface area contributed by atoms with Crippen molar-refractivity contribution < 1.29 is 37.0 Å². The lowest BCUT2D eigenvalue weighted by atomic mass is 9.98. The van der Waals surface area contributed by atoms with Gasteiger partial charge in [-0.3, -0.25) is 10.1 Å². The number of aromatic nitrogens is 2. The first-order valence-corrected chi connectivity index (χ1v) is 13.5. The SMILES string of the molecule is CC(C)(C)OC(=O)NCc1cccc(-n2nc(C(F)(F)F)cc2C(=O)Nc2cccc(C3OC(=O)Nc4ccccc43)c2)c1. The molecule has 0 saturated carbocycles. The number of benzene rings is 3. The van der Waals surface area contributed by atoms with Crippen LogP contribution in [0.25, 0.3) is 5.69 Å². The number of halogens is 3. The van der Waals surface area contributed by atoms with Gasteiger partial charge < -0.3 is 20.1 Å². The third-order valence-electron chi connectivity index (χ3n) is 6.38. The predicted molar refractivity (Wildman–Crippen MR) is 154 cm³/mol. The number of cyclic esters (lactones) is 1. The minimum absolute atomic E-state index is 0.0227. The Morgan fingerprint density at radius 2 is 1.75 bits per heavy atom. The molecule has 0 spiro atoms. The van der Waals surface area contributed by atoms with E-state index in [4.69, 9.17) is 9.47 Å². The van der Waals surface area contributed by atoms with Gasteiger partial charge in [0.1, 0.15) is 11.3 Å². The Balaban J connectivity index is 1.41. The molecule has 0 bridgehead atoms. The second kappa shape index (κ2) is 11.7. The summed E-state index contributed by atoms with van der Waals surface area (Å²) in [5.41, 5.74) is 0.440. The Kier molecular flexibility index (Phi) is 8.05. The second-order valence-electron chi connectivity index (χ2n) is 10.9. The molecule has 44 heavy (non-hydrogen) atoms. The van der Waals surface area contributed by atoms with Gasteiger partial charge in [0.2, 0.25) is 0 Å². The van der Waals surface area contributed by atoms with E-state index in [1.165, 1.54) is 12.1 Å². The average Bonchev–Trinajstić information content (AvgIpc) is 3.42. The van der Waals surface area contributed by atoms with Crippen LogP contribution in [0.3, 0.4) is 0 Å². The number of carbonyl (C=O) groups is 3. The zero-order valence-corrected chi connectivity index (χ0v) is 23.9. The highest BCUT2D eigenvalue weighted by Crippen LogP contribution is 2.36. The van der Waals surface area contributed by atoms with E-state index in [2.05, 4.69) is 21.0 Å². The van der Waals surface area contributed by atoms with Crippen LogP contribution in [0.2, 0.25) is 0 Å². The van der Waals surface area contributed by atoms with Crippen LogP contribution in [-0.2, 0) is 22.2 Å². The van der Waals surface area contributed by atoms with E-state index in [9.17, 15) is 27.6 Å². The van der Waals surface area contributed by atoms with Gasteiger partial charge in [0, 0.05) is 23.9 Å². The van der Waals surface area contributed by atoms with E-state index < -0.39 is 41.7 Å². The first kappa shape index (κ1) is 30.1. The van der Waals surface area contributed by atoms with Crippen LogP contribution < -0.4 is 16.0 Å². The summed E-state index contributed by atoms with van der Waals surface area (Å²) >= 11 is 0. The third kappa shape index (κ3) is 7.00.